The molecule has 0 atom stereocenters. The summed E-state index contributed by atoms with van der Waals surface area (Å²) in [5.41, 5.74) is 0.464. The van der Waals surface area contributed by atoms with Gasteiger partial charge >= 0.3 is 5.97 Å². The third kappa shape index (κ3) is 5.43. The van der Waals surface area contributed by atoms with Crippen LogP contribution in [0.4, 0.5) is 4.39 Å². The Morgan fingerprint density at radius 2 is 1.86 bits per heavy atom. The summed E-state index contributed by atoms with van der Waals surface area (Å²) in [6.45, 7) is 4.89. The van der Waals surface area contributed by atoms with Crippen molar-refractivity contribution < 1.29 is 22.3 Å². The highest BCUT2D eigenvalue weighted by molar-refractivity contribution is 7.88. The van der Waals surface area contributed by atoms with Gasteiger partial charge < -0.3 is 4.74 Å². The second kappa shape index (κ2) is 7.51. The maximum atomic E-state index is 12.8. The average Bonchev–Trinajstić information content (AvgIpc) is 2.38. The minimum Gasteiger partial charge on any atom is -0.465 e. The van der Waals surface area contributed by atoms with Crippen molar-refractivity contribution in [1.82, 2.24) is 4.31 Å². The van der Waals surface area contributed by atoms with Gasteiger partial charge in [0.15, 0.2) is 0 Å². The molecule has 0 bridgehead atoms. The molecule has 0 N–H and O–H groups in total. The predicted molar refractivity (Wildman–Crippen MR) is 77.5 cm³/mol. The standard InChI is InChI=1S/C14H20FNO4S/c1-4-20-14(17)9-16(11(2)3)21(18,19)10-12-5-7-13(15)8-6-12/h5-8,11H,4,9-10H2,1-3H3. The van der Waals surface area contributed by atoms with Gasteiger partial charge in [0, 0.05) is 6.04 Å². The Balaban J connectivity index is 2.89. The van der Waals surface area contributed by atoms with Crippen LogP contribution in [0.25, 0.3) is 0 Å². The zero-order valence-corrected chi connectivity index (χ0v) is 13.2. The van der Waals surface area contributed by atoms with E-state index in [4.69, 9.17) is 4.74 Å². The number of nitrogens with zero attached hydrogens (tertiary/aromatic N) is 1. The molecule has 0 heterocycles. The number of halogens is 1. The first kappa shape index (κ1) is 17.6. The summed E-state index contributed by atoms with van der Waals surface area (Å²) in [6.07, 6.45) is 0. The molecule has 0 aliphatic heterocycles. The molecule has 118 valence electrons. The summed E-state index contributed by atoms with van der Waals surface area (Å²) in [4.78, 5) is 11.5. The van der Waals surface area contributed by atoms with Crippen molar-refractivity contribution in [2.45, 2.75) is 32.6 Å². The topological polar surface area (TPSA) is 63.7 Å². The van der Waals surface area contributed by atoms with Gasteiger partial charge in [-0.1, -0.05) is 12.1 Å². The van der Waals surface area contributed by atoms with Gasteiger partial charge in [0.05, 0.1) is 12.4 Å². The number of hydrogen-bond donors (Lipinski definition) is 0. The van der Waals surface area contributed by atoms with Gasteiger partial charge in [0.1, 0.15) is 12.4 Å². The fourth-order valence-electron chi connectivity index (χ4n) is 1.81. The van der Waals surface area contributed by atoms with E-state index in [-0.39, 0.29) is 24.9 Å². The summed E-state index contributed by atoms with van der Waals surface area (Å²) in [6, 6.07) is 4.86. The normalized spacial score (nSPS) is 11.9. The van der Waals surface area contributed by atoms with E-state index in [0.717, 1.165) is 4.31 Å². The number of carbonyl (C=O) groups is 1. The molecule has 0 aliphatic carbocycles. The molecule has 1 aromatic rings. The zero-order valence-electron chi connectivity index (χ0n) is 12.4. The van der Waals surface area contributed by atoms with E-state index in [2.05, 4.69) is 0 Å². The lowest BCUT2D eigenvalue weighted by Crippen LogP contribution is -2.41. The Morgan fingerprint density at radius 1 is 1.29 bits per heavy atom. The van der Waals surface area contributed by atoms with Crippen LogP contribution >= 0.6 is 0 Å². The maximum absolute atomic E-state index is 12.8. The molecule has 7 heteroatoms. The fraction of sp³-hybridized carbons (Fsp3) is 0.500. The molecule has 0 spiro atoms. The first-order chi connectivity index (χ1) is 9.76. The zero-order chi connectivity index (χ0) is 16.0. The Kier molecular flexibility index (Phi) is 6.29. The van der Waals surface area contributed by atoms with E-state index in [1.165, 1.54) is 24.3 Å². The van der Waals surface area contributed by atoms with Gasteiger partial charge in [0.25, 0.3) is 0 Å². The number of rotatable bonds is 7. The summed E-state index contributed by atoms with van der Waals surface area (Å²) in [7, 11) is -3.69. The molecule has 0 aromatic heterocycles. The monoisotopic (exact) mass is 317 g/mol. The van der Waals surface area contributed by atoms with Crippen LogP contribution in [0.2, 0.25) is 0 Å². The van der Waals surface area contributed by atoms with Gasteiger partial charge in [-0.3, -0.25) is 4.79 Å². The Hall–Kier alpha value is -1.47. The third-order valence-electron chi connectivity index (χ3n) is 2.79. The van der Waals surface area contributed by atoms with E-state index >= 15 is 0 Å². The predicted octanol–water partition coefficient (Wildman–Crippen LogP) is 1.93. The Morgan fingerprint density at radius 3 is 2.33 bits per heavy atom. The maximum Gasteiger partial charge on any atom is 0.321 e. The van der Waals surface area contributed by atoms with Gasteiger partial charge in [-0.25, -0.2) is 12.8 Å². The average molecular weight is 317 g/mol. The van der Waals surface area contributed by atoms with E-state index in [1.807, 2.05) is 0 Å². The van der Waals surface area contributed by atoms with Crippen LogP contribution in [0.15, 0.2) is 24.3 Å². The molecule has 0 unspecified atom stereocenters. The molecule has 0 saturated heterocycles. The molecule has 0 saturated carbocycles. The van der Waals surface area contributed by atoms with Crippen molar-refractivity contribution in [2.75, 3.05) is 13.2 Å². The van der Waals surface area contributed by atoms with Crippen molar-refractivity contribution in [3.05, 3.63) is 35.6 Å². The smallest absolute Gasteiger partial charge is 0.321 e. The van der Waals surface area contributed by atoms with Crippen LogP contribution in [0.5, 0.6) is 0 Å². The number of sulfonamides is 1. The van der Waals surface area contributed by atoms with E-state index in [0.29, 0.717) is 5.56 Å². The van der Waals surface area contributed by atoms with Crippen LogP contribution in [0.1, 0.15) is 26.3 Å². The molecule has 0 aliphatic rings. The van der Waals surface area contributed by atoms with E-state index in [1.54, 1.807) is 20.8 Å². The number of ether oxygens (including phenoxy) is 1. The summed E-state index contributed by atoms with van der Waals surface area (Å²) in [5, 5.41) is 0. The molecule has 21 heavy (non-hydrogen) atoms. The second-order valence-corrected chi connectivity index (χ2v) is 6.75. The highest BCUT2D eigenvalue weighted by atomic mass is 32.2. The summed E-state index contributed by atoms with van der Waals surface area (Å²) in [5.74, 6) is -1.30. The first-order valence-corrected chi connectivity index (χ1v) is 8.26. The molecular weight excluding hydrogens is 297 g/mol. The molecule has 0 radical (unpaired) electrons. The minimum atomic E-state index is -3.69. The van der Waals surface area contributed by atoms with Crippen molar-refractivity contribution in [1.29, 1.82) is 0 Å². The van der Waals surface area contributed by atoms with Crippen molar-refractivity contribution >= 4 is 16.0 Å². The first-order valence-electron chi connectivity index (χ1n) is 6.66. The number of benzene rings is 1. The van der Waals surface area contributed by atoms with Crippen LogP contribution in [-0.4, -0.2) is 37.9 Å². The summed E-state index contributed by atoms with van der Waals surface area (Å²) < 4.78 is 43.5. The van der Waals surface area contributed by atoms with Gasteiger partial charge in [-0.05, 0) is 38.5 Å². The molecule has 0 fully saturated rings. The van der Waals surface area contributed by atoms with E-state index in [9.17, 15) is 17.6 Å². The van der Waals surface area contributed by atoms with Crippen LogP contribution in [-0.2, 0) is 25.3 Å². The molecule has 1 rings (SSSR count). The highest BCUT2D eigenvalue weighted by Crippen LogP contribution is 2.14. The highest BCUT2D eigenvalue weighted by Gasteiger charge is 2.28. The molecule has 5 nitrogen and oxygen atoms in total. The van der Waals surface area contributed by atoms with Crippen LogP contribution in [0, 0.1) is 5.82 Å². The SMILES string of the molecule is CCOC(=O)CN(C(C)C)S(=O)(=O)Cc1ccc(F)cc1. The quantitative estimate of drug-likeness (QED) is 0.721. The molecule has 0 amide bonds. The fourth-order valence-corrected chi connectivity index (χ4v) is 3.53. The summed E-state index contributed by atoms with van der Waals surface area (Å²) >= 11 is 0. The van der Waals surface area contributed by atoms with Crippen LogP contribution in [0.3, 0.4) is 0 Å². The third-order valence-corrected chi connectivity index (χ3v) is 4.75. The largest absolute Gasteiger partial charge is 0.465 e. The van der Waals surface area contributed by atoms with Crippen molar-refractivity contribution in [3.8, 4) is 0 Å². The lowest BCUT2D eigenvalue weighted by Gasteiger charge is -2.24. The van der Waals surface area contributed by atoms with Gasteiger partial charge in [0.2, 0.25) is 10.0 Å². The van der Waals surface area contributed by atoms with Crippen molar-refractivity contribution in [3.63, 3.8) is 0 Å². The number of esters is 1. The number of carbonyl (C=O) groups excluding carboxylic acids is 1. The van der Waals surface area contributed by atoms with Crippen LogP contribution < -0.4 is 0 Å². The number of hydrogen-bond acceptors (Lipinski definition) is 4. The molecule has 1 aromatic carbocycles. The lowest BCUT2D eigenvalue weighted by atomic mass is 10.2. The second-order valence-electron chi connectivity index (χ2n) is 4.83. The van der Waals surface area contributed by atoms with Gasteiger partial charge in [-0.2, -0.15) is 4.31 Å². The van der Waals surface area contributed by atoms with E-state index < -0.39 is 21.8 Å². The minimum absolute atomic E-state index is 0.197. The Labute approximate surface area is 124 Å². The molecular formula is C14H20FNO4S. The Bertz CT molecular complexity index is 569. The lowest BCUT2D eigenvalue weighted by molar-refractivity contribution is -0.143. The van der Waals surface area contributed by atoms with Crippen molar-refractivity contribution in [2.24, 2.45) is 0 Å². The van der Waals surface area contributed by atoms with Gasteiger partial charge in [-0.15, -0.1) is 0 Å².